The van der Waals surface area contributed by atoms with Gasteiger partial charge in [-0.2, -0.15) is 23.4 Å². The Morgan fingerprint density at radius 2 is 1.95 bits per heavy atom. The number of H-pyrrole nitrogens is 1. The third kappa shape index (κ3) is 4.24. The summed E-state index contributed by atoms with van der Waals surface area (Å²) in [4.78, 5) is 19.3. The van der Waals surface area contributed by atoms with E-state index in [2.05, 4.69) is 39.4 Å². The summed E-state index contributed by atoms with van der Waals surface area (Å²) in [6.07, 6.45) is 0.568. The van der Waals surface area contributed by atoms with Gasteiger partial charge in [-0.1, -0.05) is 13.8 Å². The second kappa shape index (κ2) is 8.44. The number of anilines is 1. The van der Waals surface area contributed by atoms with Gasteiger partial charge in [-0.3, -0.25) is 14.8 Å². The number of alkyl halides is 3. The first-order valence-electron chi connectivity index (χ1n) is 12.5. The number of piperidine rings is 1. The highest BCUT2D eigenvalue weighted by Crippen LogP contribution is 2.62. The first kappa shape index (κ1) is 25.5. The predicted molar refractivity (Wildman–Crippen MR) is 132 cm³/mol. The number of nitrogens with zero attached hydrogens (tertiary/aromatic N) is 5. The van der Waals surface area contributed by atoms with Crippen LogP contribution in [0.25, 0.3) is 22.3 Å². The minimum atomic E-state index is -4.59. The van der Waals surface area contributed by atoms with Crippen LogP contribution in [-0.4, -0.2) is 64.9 Å². The van der Waals surface area contributed by atoms with Crippen LogP contribution in [-0.2, 0) is 6.54 Å². The number of hydrogen-bond donors (Lipinski definition) is 3. The molecule has 4 heterocycles. The van der Waals surface area contributed by atoms with E-state index in [9.17, 15) is 23.1 Å². The smallest absolute Gasteiger partial charge is 0.390 e. The number of carbonyl (C=O) groups excluding carboxylic acids is 1. The normalized spacial score (nSPS) is 21.7. The van der Waals surface area contributed by atoms with Crippen LogP contribution in [0.5, 0.6) is 0 Å². The highest BCUT2D eigenvalue weighted by Gasteiger charge is 2.70. The molecule has 2 aliphatic rings. The molecule has 3 N–H and O–H groups in total. The molecule has 1 unspecified atom stereocenters. The van der Waals surface area contributed by atoms with E-state index in [0.29, 0.717) is 35.8 Å². The number of nitrogens with one attached hydrogen (secondary N) is 2. The number of amides is 2. The lowest BCUT2D eigenvalue weighted by molar-refractivity contribution is -0.295. The van der Waals surface area contributed by atoms with E-state index < -0.39 is 28.8 Å². The number of urea groups is 1. The van der Waals surface area contributed by atoms with E-state index in [1.165, 1.54) is 24.9 Å². The Morgan fingerprint density at radius 3 is 2.57 bits per heavy atom. The fourth-order valence-corrected chi connectivity index (χ4v) is 5.66. The Balaban J connectivity index is 1.39. The van der Waals surface area contributed by atoms with Gasteiger partial charge in [0.1, 0.15) is 5.69 Å². The summed E-state index contributed by atoms with van der Waals surface area (Å²) in [5.74, 6) is 0.397. The van der Waals surface area contributed by atoms with Crippen LogP contribution in [0.2, 0.25) is 0 Å². The first-order valence-corrected chi connectivity index (χ1v) is 12.5. The molecule has 9 nitrogen and oxygen atoms in total. The molecule has 200 valence electrons. The van der Waals surface area contributed by atoms with Gasteiger partial charge < -0.3 is 15.3 Å². The van der Waals surface area contributed by atoms with Crippen LogP contribution < -0.4 is 5.32 Å². The highest BCUT2D eigenvalue weighted by molar-refractivity contribution is 5.94. The van der Waals surface area contributed by atoms with Gasteiger partial charge in [-0.15, -0.1) is 0 Å². The molecule has 5 rings (SSSR count). The van der Waals surface area contributed by atoms with E-state index in [1.54, 1.807) is 12.4 Å². The zero-order valence-corrected chi connectivity index (χ0v) is 21.4. The van der Waals surface area contributed by atoms with Crippen LogP contribution in [0.15, 0.2) is 24.7 Å². The largest absolute Gasteiger partial charge is 0.397 e. The van der Waals surface area contributed by atoms with Crippen molar-refractivity contribution in [3.8, 4) is 11.4 Å². The molecule has 12 heteroatoms. The molecular formula is C25H32F3N7O2. The Kier molecular flexibility index (Phi) is 5.81. The third-order valence-corrected chi connectivity index (χ3v) is 7.95. The Hall–Kier alpha value is -3.15. The Morgan fingerprint density at radius 1 is 1.22 bits per heavy atom. The van der Waals surface area contributed by atoms with Gasteiger partial charge in [0.05, 0.1) is 40.3 Å². The van der Waals surface area contributed by atoms with Crippen molar-refractivity contribution < 1.29 is 23.1 Å². The van der Waals surface area contributed by atoms with Gasteiger partial charge in [0.25, 0.3) is 0 Å². The van der Waals surface area contributed by atoms with E-state index in [0.717, 1.165) is 17.4 Å². The van der Waals surface area contributed by atoms with Crippen LogP contribution in [0.4, 0.5) is 23.7 Å². The average Bonchev–Trinajstić information content (AvgIpc) is 3.21. The number of aromatic nitrogens is 5. The van der Waals surface area contributed by atoms with Gasteiger partial charge in [-0.05, 0) is 51.5 Å². The molecule has 3 aromatic heterocycles. The van der Waals surface area contributed by atoms with Gasteiger partial charge in [0, 0.05) is 30.2 Å². The fraction of sp³-hybridized carbons (Fsp3) is 0.600. The van der Waals surface area contributed by atoms with Crippen molar-refractivity contribution in [2.24, 2.45) is 11.3 Å². The summed E-state index contributed by atoms with van der Waals surface area (Å²) in [5, 5.41) is 25.7. The number of carbonyl (C=O) groups is 1. The number of rotatable bonds is 5. The number of fused-ring (bicyclic) bond motifs is 1. The van der Waals surface area contributed by atoms with Crippen LogP contribution in [0.3, 0.4) is 0 Å². The molecular weight excluding hydrogens is 487 g/mol. The summed E-state index contributed by atoms with van der Waals surface area (Å²) < 4.78 is 44.6. The maximum Gasteiger partial charge on any atom is 0.397 e. The molecule has 1 saturated heterocycles. The SMILES string of the molecule is CC(C)Cn1ncc2cnc(-c3[nH]ncc3NC(=O)N3CCC(C(C)(C)O)(C(F)(F)F)CC34CC4)cc21. The molecule has 2 amide bonds. The number of hydrogen-bond acceptors (Lipinski definition) is 5. The number of likely N-dealkylation sites (tertiary alicyclic amines) is 1. The monoisotopic (exact) mass is 519 g/mol. The second-order valence-corrected chi connectivity index (χ2v) is 11.4. The summed E-state index contributed by atoms with van der Waals surface area (Å²) in [7, 11) is 0. The van der Waals surface area contributed by atoms with E-state index in [4.69, 9.17) is 0 Å². The standard InChI is InChI=1S/C25H32F3N7O2/c1-15(2)13-35-19-9-17(29-10-16(19)11-31-35)20-18(12-30-33-20)32-21(36)34-8-7-24(22(3,4)37,25(26,27)28)14-23(34)5-6-23/h9-12,15,37H,5-8,13-14H2,1-4H3,(H,30,33)(H,32,36). The molecule has 1 aliphatic heterocycles. The van der Waals surface area contributed by atoms with E-state index in [1.807, 2.05) is 10.7 Å². The molecule has 1 aliphatic carbocycles. The number of aromatic amines is 1. The number of halogens is 3. The zero-order valence-electron chi connectivity index (χ0n) is 21.4. The summed E-state index contributed by atoms with van der Waals surface area (Å²) in [5.41, 5.74) is -2.83. The van der Waals surface area contributed by atoms with Crippen molar-refractivity contribution in [3.63, 3.8) is 0 Å². The van der Waals surface area contributed by atoms with Crippen molar-refractivity contribution >= 4 is 22.6 Å². The van der Waals surface area contributed by atoms with E-state index >= 15 is 0 Å². The Labute approximate surface area is 212 Å². The molecule has 0 aromatic carbocycles. The third-order valence-electron chi connectivity index (χ3n) is 7.95. The predicted octanol–water partition coefficient (Wildman–Crippen LogP) is 4.96. The summed E-state index contributed by atoms with van der Waals surface area (Å²) >= 11 is 0. The van der Waals surface area contributed by atoms with Gasteiger partial charge in [-0.25, -0.2) is 4.79 Å². The summed E-state index contributed by atoms with van der Waals surface area (Å²) in [6, 6.07) is 1.38. The van der Waals surface area contributed by atoms with Crippen LogP contribution >= 0.6 is 0 Å². The Bertz CT molecular complexity index is 1300. The molecule has 1 saturated carbocycles. The maximum absolute atomic E-state index is 14.2. The minimum Gasteiger partial charge on any atom is -0.390 e. The highest BCUT2D eigenvalue weighted by atomic mass is 19.4. The molecule has 2 fully saturated rings. The maximum atomic E-state index is 14.2. The quantitative estimate of drug-likeness (QED) is 0.441. The lowest BCUT2D eigenvalue weighted by Crippen LogP contribution is -2.63. The molecule has 3 aromatic rings. The van der Waals surface area contributed by atoms with E-state index in [-0.39, 0.29) is 19.4 Å². The molecule has 0 bridgehead atoms. The van der Waals surface area contributed by atoms with Crippen molar-refractivity contribution in [2.45, 2.75) is 77.2 Å². The van der Waals surface area contributed by atoms with Crippen LogP contribution in [0.1, 0.15) is 53.4 Å². The molecule has 1 spiro atoms. The van der Waals surface area contributed by atoms with Gasteiger partial charge in [0.2, 0.25) is 0 Å². The second-order valence-electron chi connectivity index (χ2n) is 11.4. The average molecular weight is 520 g/mol. The zero-order chi connectivity index (χ0) is 26.8. The summed E-state index contributed by atoms with van der Waals surface area (Å²) in [6.45, 7) is 7.25. The number of aliphatic hydroxyl groups is 1. The number of pyridine rings is 1. The van der Waals surface area contributed by atoms with Gasteiger partial charge >= 0.3 is 12.2 Å². The van der Waals surface area contributed by atoms with Crippen molar-refractivity contribution in [3.05, 3.63) is 24.7 Å². The molecule has 0 radical (unpaired) electrons. The minimum absolute atomic E-state index is 0.110. The van der Waals surface area contributed by atoms with Crippen molar-refractivity contribution in [1.82, 2.24) is 29.9 Å². The van der Waals surface area contributed by atoms with Crippen LogP contribution in [0, 0.1) is 11.3 Å². The van der Waals surface area contributed by atoms with Crippen molar-refractivity contribution in [1.29, 1.82) is 0 Å². The molecule has 37 heavy (non-hydrogen) atoms. The van der Waals surface area contributed by atoms with Crippen molar-refractivity contribution in [2.75, 3.05) is 11.9 Å². The lowest BCUT2D eigenvalue weighted by atomic mass is 9.64. The molecule has 1 atom stereocenters. The lowest BCUT2D eigenvalue weighted by Gasteiger charge is -2.53. The first-order chi connectivity index (χ1) is 17.3. The van der Waals surface area contributed by atoms with Gasteiger partial charge in [0.15, 0.2) is 0 Å². The fourth-order valence-electron chi connectivity index (χ4n) is 5.66. The topological polar surface area (TPSA) is 112 Å².